The summed E-state index contributed by atoms with van der Waals surface area (Å²) in [5.41, 5.74) is 1.72. The maximum absolute atomic E-state index is 12.0. The molecule has 5 N–H and O–H groups in total. The van der Waals surface area contributed by atoms with Crippen LogP contribution in [0.2, 0.25) is 0 Å². The molecule has 0 saturated carbocycles. The minimum Gasteiger partial charge on any atom is -0.493 e. The summed E-state index contributed by atoms with van der Waals surface area (Å²) in [6.07, 6.45) is -7.81. The highest BCUT2D eigenvalue weighted by Gasteiger charge is 2.45. The molecule has 0 radical (unpaired) electrons. The third kappa shape index (κ3) is 4.61. The molecule has 2 aliphatic heterocycles. The molecule has 11 nitrogen and oxygen atoms in total. The number of fused-ring (bicyclic) bond motifs is 1. The second-order valence-electron chi connectivity index (χ2n) is 8.71. The van der Waals surface area contributed by atoms with Gasteiger partial charge in [0.2, 0.25) is 6.29 Å². The number of Topliss-reactive ketones (excluding diaryl/α,β-unsaturated/α-hetero) is 1. The first-order valence-corrected chi connectivity index (χ1v) is 11.4. The van der Waals surface area contributed by atoms with Gasteiger partial charge in [0.05, 0.1) is 33.4 Å². The van der Waals surface area contributed by atoms with E-state index in [1.807, 2.05) is 0 Å². The van der Waals surface area contributed by atoms with E-state index in [0.29, 0.717) is 28.2 Å². The van der Waals surface area contributed by atoms with Crippen molar-refractivity contribution in [3.8, 4) is 23.0 Å². The fraction of sp³-hybridized carbons (Fsp3) is 0.480. The lowest BCUT2D eigenvalue weighted by atomic mass is 9.90. The number of aliphatic hydroxyl groups is 5. The average molecular weight is 507 g/mol. The van der Waals surface area contributed by atoms with Gasteiger partial charge in [-0.1, -0.05) is 6.07 Å². The van der Waals surface area contributed by atoms with Gasteiger partial charge in [-0.3, -0.25) is 4.79 Å². The van der Waals surface area contributed by atoms with Crippen LogP contribution in [0.15, 0.2) is 30.3 Å². The Balaban J connectivity index is 1.62. The normalized spacial score (nSPS) is 29.3. The molecule has 1 fully saturated rings. The largest absolute Gasteiger partial charge is 0.493 e. The van der Waals surface area contributed by atoms with Crippen molar-refractivity contribution >= 4 is 5.78 Å². The summed E-state index contributed by atoms with van der Waals surface area (Å²) in [6, 6.07) is 8.15. The maximum atomic E-state index is 12.0. The van der Waals surface area contributed by atoms with E-state index in [-0.39, 0.29) is 23.9 Å². The molecule has 7 unspecified atom stereocenters. The first kappa shape index (κ1) is 26.1. The summed E-state index contributed by atoms with van der Waals surface area (Å²) in [4.78, 5) is 12.0. The lowest BCUT2D eigenvalue weighted by molar-refractivity contribution is -0.277. The molecular weight excluding hydrogens is 476 g/mol. The Labute approximate surface area is 207 Å². The van der Waals surface area contributed by atoms with Crippen LogP contribution < -0.4 is 18.9 Å². The molecule has 4 rings (SSSR count). The Morgan fingerprint density at radius 1 is 0.917 bits per heavy atom. The number of hydrogen-bond acceptors (Lipinski definition) is 11. The molecular formula is C25H30O11. The predicted octanol–water partition coefficient (Wildman–Crippen LogP) is 0.295. The van der Waals surface area contributed by atoms with E-state index in [1.54, 1.807) is 30.3 Å². The van der Waals surface area contributed by atoms with Crippen molar-refractivity contribution in [3.05, 3.63) is 47.0 Å². The summed E-state index contributed by atoms with van der Waals surface area (Å²) in [5.74, 6) is 0.596. The van der Waals surface area contributed by atoms with Crippen molar-refractivity contribution < 1.29 is 54.0 Å². The number of ketones is 1. The lowest BCUT2D eigenvalue weighted by Crippen LogP contribution is -2.60. The van der Waals surface area contributed by atoms with Crippen LogP contribution in [0.4, 0.5) is 0 Å². The van der Waals surface area contributed by atoms with Crippen molar-refractivity contribution in [2.75, 3.05) is 27.4 Å². The van der Waals surface area contributed by atoms with Gasteiger partial charge in [0, 0.05) is 11.1 Å². The van der Waals surface area contributed by atoms with Gasteiger partial charge >= 0.3 is 0 Å². The van der Waals surface area contributed by atoms with Crippen LogP contribution in [0, 0.1) is 0 Å². The molecule has 2 heterocycles. The number of benzene rings is 2. The average Bonchev–Trinajstić information content (AvgIpc) is 3.27. The summed E-state index contributed by atoms with van der Waals surface area (Å²) < 4.78 is 28.2. The number of carbonyl (C=O) groups excluding carboxylic acids is 1. The van der Waals surface area contributed by atoms with Crippen LogP contribution >= 0.6 is 0 Å². The molecule has 0 bridgehead atoms. The van der Waals surface area contributed by atoms with Crippen LogP contribution in [0.25, 0.3) is 0 Å². The van der Waals surface area contributed by atoms with Crippen molar-refractivity contribution in [2.24, 2.45) is 0 Å². The number of carbonyl (C=O) groups is 1. The van der Waals surface area contributed by atoms with Gasteiger partial charge in [-0.25, -0.2) is 0 Å². The summed E-state index contributed by atoms with van der Waals surface area (Å²) >= 11 is 0. The Hall–Kier alpha value is -2.93. The first-order chi connectivity index (χ1) is 17.2. The zero-order valence-corrected chi connectivity index (χ0v) is 20.0. The van der Waals surface area contributed by atoms with E-state index in [0.717, 1.165) is 0 Å². The van der Waals surface area contributed by atoms with E-state index < -0.39 is 49.3 Å². The molecule has 0 amide bonds. The van der Waals surface area contributed by atoms with E-state index in [4.69, 9.17) is 23.7 Å². The number of aliphatic hydroxyl groups excluding tert-OH is 5. The number of hydrogen-bond donors (Lipinski definition) is 5. The van der Waals surface area contributed by atoms with Crippen LogP contribution in [0.5, 0.6) is 23.0 Å². The molecule has 11 heteroatoms. The van der Waals surface area contributed by atoms with E-state index in [2.05, 4.69) is 0 Å². The number of rotatable bonds is 8. The van der Waals surface area contributed by atoms with E-state index in [1.165, 1.54) is 21.1 Å². The van der Waals surface area contributed by atoms with Gasteiger partial charge in [0.15, 0.2) is 28.8 Å². The second-order valence-corrected chi connectivity index (χ2v) is 8.71. The highest BCUT2D eigenvalue weighted by atomic mass is 16.7. The number of ether oxygens (including phenoxy) is 5. The van der Waals surface area contributed by atoms with Crippen molar-refractivity contribution in [1.82, 2.24) is 0 Å². The molecule has 196 valence electrons. The zero-order valence-electron chi connectivity index (χ0n) is 20.0. The summed E-state index contributed by atoms with van der Waals surface area (Å²) in [6.45, 7) is 0.604. The summed E-state index contributed by atoms with van der Waals surface area (Å²) in [7, 11) is 2.88. The van der Waals surface area contributed by atoms with Gasteiger partial charge in [-0.15, -0.1) is 0 Å². The Morgan fingerprint density at radius 2 is 1.64 bits per heavy atom. The molecule has 2 aromatic rings. The molecule has 7 atom stereocenters. The van der Waals surface area contributed by atoms with Crippen LogP contribution in [0.3, 0.4) is 0 Å². The highest BCUT2D eigenvalue weighted by molar-refractivity contribution is 5.95. The standard InChI is InChI=1S/C25H30O11/c1-11(28)13-6-14-15(9-26)23(36-24(14)18(8-13)33-3)12-4-5-16(17(7-12)32-2)34-25-22(31)21(30)20(29)19(10-27)35-25/h4-8,15,19-23,25-27,29-31H,9-10H2,1-3H3. The van der Waals surface area contributed by atoms with Crippen molar-refractivity contribution in [2.45, 2.75) is 49.7 Å². The third-order valence-corrected chi connectivity index (χ3v) is 6.52. The fourth-order valence-corrected chi connectivity index (χ4v) is 4.50. The molecule has 0 spiro atoms. The monoisotopic (exact) mass is 506 g/mol. The Morgan fingerprint density at radius 3 is 2.25 bits per heavy atom. The lowest BCUT2D eigenvalue weighted by Gasteiger charge is -2.39. The zero-order chi connectivity index (χ0) is 26.1. The number of methoxy groups -OCH3 is 2. The predicted molar refractivity (Wildman–Crippen MR) is 124 cm³/mol. The summed E-state index contributed by atoms with van der Waals surface area (Å²) in [5, 5.41) is 49.9. The second kappa shape index (κ2) is 10.6. The maximum Gasteiger partial charge on any atom is 0.229 e. The minimum atomic E-state index is -1.59. The van der Waals surface area contributed by atoms with Gasteiger partial charge in [0.25, 0.3) is 0 Å². The Kier molecular flexibility index (Phi) is 7.69. The van der Waals surface area contributed by atoms with Crippen LogP contribution in [-0.2, 0) is 4.74 Å². The minimum absolute atomic E-state index is 0.146. The molecule has 0 aromatic heterocycles. The van der Waals surface area contributed by atoms with Gasteiger partial charge in [-0.2, -0.15) is 0 Å². The quantitative estimate of drug-likeness (QED) is 0.313. The molecule has 0 aliphatic carbocycles. The van der Waals surface area contributed by atoms with Crippen LogP contribution in [0.1, 0.15) is 40.4 Å². The molecule has 36 heavy (non-hydrogen) atoms. The van der Waals surface area contributed by atoms with Crippen LogP contribution in [-0.4, -0.2) is 89.5 Å². The van der Waals surface area contributed by atoms with Gasteiger partial charge in [0.1, 0.15) is 30.5 Å². The van der Waals surface area contributed by atoms with E-state index >= 15 is 0 Å². The Bertz CT molecular complexity index is 1100. The topological polar surface area (TPSA) is 164 Å². The third-order valence-electron chi connectivity index (χ3n) is 6.52. The smallest absolute Gasteiger partial charge is 0.229 e. The van der Waals surface area contributed by atoms with Gasteiger partial charge in [-0.05, 0) is 36.8 Å². The fourth-order valence-electron chi connectivity index (χ4n) is 4.50. The van der Waals surface area contributed by atoms with E-state index in [9.17, 15) is 30.3 Å². The highest BCUT2D eigenvalue weighted by Crippen LogP contribution is 2.51. The van der Waals surface area contributed by atoms with Gasteiger partial charge < -0.3 is 49.2 Å². The molecule has 1 saturated heterocycles. The molecule has 2 aliphatic rings. The molecule has 2 aromatic carbocycles. The van der Waals surface area contributed by atoms with Crippen molar-refractivity contribution in [3.63, 3.8) is 0 Å². The first-order valence-electron chi connectivity index (χ1n) is 11.4. The SMILES string of the molecule is COc1cc(C2Oc3c(OC)cc(C(C)=O)cc3C2CO)ccc1OC1OC(CO)C(O)C(O)C1O. The van der Waals surface area contributed by atoms with Crippen molar-refractivity contribution in [1.29, 1.82) is 0 Å².